The van der Waals surface area contributed by atoms with Crippen LogP contribution in [0.4, 0.5) is 5.69 Å². The molecule has 0 radical (unpaired) electrons. The lowest BCUT2D eigenvalue weighted by atomic mass is 10.2. The second-order valence-corrected chi connectivity index (χ2v) is 7.80. The molecule has 0 atom stereocenters. The maximum absolute atomic E-state index is 12.3. The van der Waals surface area contributed by atoms with Gasteiger partial charge in [-0.3, -0.25) is 9.59 Å². The van der Waals surface area contributed by atoms with Crippen LogP contribution < -0.4 is 5.32 Å². The van der Waals surface area contributed by atoms with E-state index >= 15 is 0 Å². The number of nitrogens with zero attached hydrogens (tertiary/aromatic N) is 3. The Kier molecular flexibility index (Phi) is 6.59. The molecule has 0 aliphatic carbocycles. The number of rotatable bonds is 6. The van der Waals surface area contributed by atoms with Crippen molar-refractivity contribution in [2.45, 2.75) is 12.7 Å². The van der Waals surface area contributed by atoms with Crippen molar-refractivity contribution in [2.75, 3.05) is 37.4 Å². The molecule has 1 fully saturated rings. The molecule has 1 aromatic heterocycles. The number of anilines is 1. The number of carbonyl (C=O) groups is 2. The smallest absolute Gasteiger partial charge is 0.286 e. The molecule has 2 heterocycles. The second kappa shape index (κ2) is 9.11. The van der Waals surface area contributed by atoms with Crippen LogP contribution >= 0.6 is 23.1 Å². The van der Waals surface area contributed by atoms with Crippen molar-refractivity contribution in [3.63, 3.8) is 0 Å². The molecule has 1 saturated heterocycles. The maximum atomic E-state index is 12.3. The minimum atomic E-state index is -0.266. The second-order valence-electron chi connectivity index (χ2n) is 5.76. The predicted molar refractivity (Wildman–Crippen MR) is 103 cm³/mol. The number of amides is 2. The molecule has 26 heavy (non-hydrogen) atoms. The van der Waals surface area contributed by atoms with Crippen molar-refractivity contribution in [3.05, 3.63) is 39.8 Å². The zero-order valence-electron chi connectivity index (χ0n) is 14.4. The van der Waals surface area contributed by atoms with Gasteiger partial charge in [0, 0.05) is 24.5 Å². The first-order chi connectivity index (χ1) is 12.6. The fourth-order valence-corrected chi connectivity index (χ4v) is 4.13. The van der Waals surface area contributed by atoms with Crippen LogP contribution in [-0.2, 0) is 15.3 Å². The number of para-hydroxylation sites is 1. The van der Waals surface area contributed by atoms with Crippen LogP contribution in [0.15, 0.2) is 24.3 Å². The van der Waals surface area contributed by atoms with Crippen LogP contribution in [0.3, 0.4) is 0 Å². The summed E-state index contributed by atoms with van der Waals surface area (Å²) in [4.78, 5) is 26.2. The van der Waals surface area contributed by atoms with Crippen molar-refractivity contribution in [1.82, 2.24) is 15.1 Å². The van der Waals surface area contributed by atoms with Gasteiger partial charge in [0.2, 0.25) is 10.9 Å². The molecular weight excluding hydrogens is 372 g/mol. The van der Waals surface area contributed by atoms with Crippen LogP contribution in [0.1, 0.15) is 20.4 Å². The summed E-state index contributed by atoms with van der Waals surface area (Å²) in [6.07, 6.45) is 0. The van der Waals surface area contributed by atoms with Gasteiger partial charge in [-0.1, -0.05) is 29.5 Å². The number of aryl methyl sites for hydroxylation is 1. The predicted octanol–water partition coefficient (Wildman–Crippen LogP) is 2.19. The minimum absolute atomic E-state index is 0.111. The van der Waals surface area contributed by atoms with Crippen molar-refractivity contribution in [1.29, 1.82) is 0 Å². The number of carbonyl (C=O) groups excluding carboxylic acids is 2. The van der Waals surface area contributed by atoms with Gasteiger partial charge in [0.15, 0.2) is 0 Å². The molecule has 0 bridgehead atoms. The van der Waals surface area contributed by atoms with Crippen LogP contribution in [-0.4, -0.2) is 59.0 Å². The summed E-state index contributed by atoms with van der Waals surface area (Å²) in [7, 11) is 0. The summed E-state index contributed by atoms with van der Waals surface area (Å²) in [5.41, 5.74) is 1.75. The number of hydrogen-bond donors (Lipinski definition) is 1. The summed E-state index contributed by atoms with van der Waals surface area (Å²) in [5.74, 6) is 0.799. The van der Waals surface area contributed by atoms with Gasteiger partial charge in [-0.05, 0) is 18.6 Å². The third-order valence-electron chi connectivity index (χ3n) is 3.87. The molecule has 0 unspecified atom stereocenters. The van der Waals surface area contributed by atoms with Crippen LogP contribution in [0.5, 0.6) is 0 Å². The van der Waals surface area contributed by atoms with Crippen molar-refractivity contribution < 1.29 is 14.3 Å². The van der Waals surface area contributed by atoms with Gasteiger partial charge in [-0.2, -0.15) is 0 Å². The van der Waals surface area contributed by atoms with Gasteiger partial charge >= 0.3 is 0 Å². The number of hydrogen-bond acceptors (Lipinski definition) is 7. The average molecular weight is 393 g/mol. The number of ether oxygens (including phenoxy) is 1. The molecule has 7 nitrogen and oxygen atoms in total. The van der Waals surface area contributed by atoms with E-state index in [2.05, 4.69) is 15.5 Å². The van der Waals surface area contributed by atoms with Crippen LogP contribution in [0, 0.1) is 6.92 Å². The van der Waals surface area contributed by atoms with E-state index in [4.69, 9.17) is 4.74 Å². The monoisotopic (exact) mass is 392 g/mol. The van der Waals surface area contributed by atoms with E-state index in [1.54, 1.807) is 0 Å². The first kappa shape index (κ1) is 18.8. The van der Waals surface area contributed by atoms with Crippen LogP contribution in [0.25, 0.3) is 0 Å². The Morgan fingerprint density at radius 3 is 2.81 bits per heavy atom. The van der Waals surface area contributed by atoms with Crippen molar-refractivity contribution in [2.24, 2.45) is 0 Å². The Morgan fingerprint density at radius 1 is 1.27 bits per heavy atom. The SMILES string of the molecule is Cc1ccccc1NC(=O)c1nnc(CSCC(=O)N2CCOCC2)s1. The Bertz CT molecular complexity index is 775. The molecule has 138 valence electrons. The molecule has 1 N–H and O–H groups in total. The molecule has 3 rings (SSSR count). The third kappa shape index (κ3) is 5.03. The number of morpholine rings is 1. The number of nitrogens with one attached hydrogen (secondary N) is 1. The van der Waals surface area contributed by atoms with E-state index in [0.29, 0.717) is 42.8 Å². The summed E-state index contributed by atoms with van der Waals surface area (Å²) < 4.78 is 5.24. The lowest BCUT2D eigenvalue weighted by molar-refractivity contribution is -0.132. The highest BCUT2D eigenvalue weighted by Gasteiger charge is 2.18. The topological polar surface area (TPSA) is 84.4 Å². The standard InChI is InChI=1S/C17H20N4O3S2/c1-12-4-2-3-5-13(12)18-16(23)17-20-19-14(26-17)10-25-11-15(22)21-6-8-24-9-7-21/h2-5H,6-11H2,1H3,(H,18,23). The number of aromatic nitrogens is 2. The highest BCUT2D eigenvalue weighted by atomic mass is 32.2. The fraction of sp³-hybridized carbons (Fsp3) is 0.412. The summed E-state index contributed by atoms with van der Waals surface area (Å²) in [5, 5.41) is 11.9. The van der Waals surface area contributed by atoms with E-state index in [1.807, 2.05) is 36.1 Å². The lowest BCUT2D eigenvalue weighted by Gasteiger charge is -2.26. The van der Waals surface area contributed by atoms with E-state index in [9.17, 15) is 9.59 Å². The quantitative estimate of drug-likeness (QED) is 0.811. The van der Waals surface area contributed by atoms with Gasteiger partial charge in [-0.25, -0.2) is 0 Å². The lowest BCUT2D eigenvalue weighted by Crippen LogP contribution is -2.41. The van der Waals surface area contributed by atoms with Gasteiger partial charge in [-0.15, -0.1) is 22.0 Å². The highest BCUT2D eigenvalue weighted by Crippen LogP contribution is 2.19. The molecule has 1 aliphatic heterocycles. The molecule has 9 heteroatoms. The first-order valence-electron chi connectivity index (χ1n) is 8.26. The Labute approximate surface area is 160 Å². The molecule has 1 aromatic carbocycles. The van der Waals surface area contributed by atoms with E-state index < -0.39 is 0 Å². The largest absolute Gasteiger partial charge is 0.378 e. The number of benzene rings is 1. The van der Waals surface area contributed by atoms with Gasteiger partial charge in [0.1, 0.15) is 5.01 Å². The Morgan fingerprint density at radius 2 is 2.04 bits per heavy atom. The highest BCUT2D eigenvalue weighted by molar-refractivity contribution is 7.99. The van der Waals surface area contributed by atoms with Crippen molar-refractivity contribution >= 4 is 40.6 Å². The first-order valence-corrected chi connectivity index (χ1v) is 10.2. The average Bonchev–Trinajstić information content (AvgIpc) is 3.13. The van der Waals surface area contributed by atoms with E-state index in [0.717, 1.165) is 16.3 Å². The van der Waals surface area contributed by atoms with Gasteiger partial charge in [0.05, 0.1) is 19.0 Å². The van der Waals surface area contributed by atoms with Gasteiger partial charge in [0.25, 0.3) is 5.91 Å². The minimum Gasteiger partial charge on any atom is -0.378 e. The molecule has 2 amide bonds. The van der Waals surface area contributed by atoms with E-state index in [1.165, 1.54) is 23.1 Å². The summed E-state index contributed by atoms with van der Waals surface area (Å²) in [6, 6.07) is 7.57. The zero-order valence-corrected chi connectivity index (χ0v) is 16.1. The molecule has 2 aromatic rings. The molecule has 0 saturated carbocycles. The Hall–Kier alpha value is -1.97. The van der Waals surface area contributed by atoms with Crippen LogP contribution in [0.2, 0.25) is 0 Å². The molecular formula is C17H20N4O3S2. The van der Waals surface area contributed by atoms with Crippen molar-refractivity contribution in [3.8, 4) is 0 Å². The molecule has 0 spiro atoms. The fourth-order valence-electron chi connectivity index (χ4n) is 2.42. The zero-order chi connectivity index (χ0) is 18.4. The van der Waals surface area contributed by atoms with Gasteiger partial charge < -0.3 is 15.0 Å². The number of thioether (sulfide) groups is 1. The molecule has 1 aliphatic rings. The third-order valence-corrected chi connectivity index (χ3v) is 5.90. The summed E-state index contributed by atoms with van der Waals surface area (Å²) in [6.45, 7) is 4.45. The maximum Gasteiger partial charge on any atom is 0.286 e. The van der Waals surface area contributed by atoms with E-state index in [-0.39, 0.29) is 11.8 Å². The normalized spacial score (nSPS) is 14.3. The summed E-state index contributed by atoms with van der Waals surface area (Å²) >= 11 is 2.74. The Balaban J connectivity index is 1.47.